The van der Waals surface area contributed by atoms with Crippen molar-refractivity contribution in [2.45, 2.75) is 12.5 Å². The van der Waals surface area contributed by atoms with E-state index >= 15 is 0 Å². The van der Waals surface area contributed by atoms with Gasteiger partial charge in [0.05, 0.1) is 20.3 Å². The molecule has 120 valence electrons. The van der Waals surface area contributed by atoms with Gasteiger partial charge in [-0.15, -0.1) is 0 Å². The molecule has 0 aromatic heterocycles. The first-order chi connectivity index (χ1) is 11.2. The van der Waals surface area contributed by atoms with E-state index in [1.807, 2.05) is 30.3 Å². The Kier molecular flexibility index (Phi) is 4.37. The predicted octanol–water partition coefficient (Wildman–Crippen LogP) is 2.44. The van der Waals surface area contributed by atoms with Crippen molar-refractivity contribution in [3.05, 3.63) is 53.6 Å². The summed E-state index contributed by atoms with van der Waals surface area (Å²) in [6, 6.07) is 12.7. The van der Waals surface area contributed by atoms with E-state index in [1.165, 1.54) is 0 Å². The predicted molar refractivity (Wildman–Crippen MR) is 86.4 cm³/mol. The van der Waals surface area contributed by atoms with Gasteiger partial charge >= 0.3 is 0 Å². The maximum Gasteiger partial charge on any atom is 0.251 e. The molecule has 0 bridgehead atoms. The lowest BCUT2D eigenvalue weighted by Gasteiger charge is -2.27. The zero-order valence-electron chi connectivity index (χ0n) is 13.2. The number of nitrogens with one attached hydrogen (secondary N) is 1. The van der Waals surface area contributed by atoms with E-state index < -0.39 is 0 Å². The van der Waals surface area contributed by atoms with Gasteiger partial charge in [0.25, 0.3) is 5.91 Å². The molecule has 1 amide bonds. The average Bonchev–Trinajstić information content (AvgIpc) is 2.61. The van der Waals surface area contributed by atoms with Gasteiger partial charge in [0.2, 0.25) is 0 Å². The molecule has 1 unspecified atom stereocenters. The summed E-state index contributed by atoms with van der Waals surface area (Å²) in [7, 11) is 3.22. The third kappa shape index (κ3) is 3.23. The van der Waals surface area contributed by atoms with E-state index in [4.69, 9.17) is 14.2 Å². The molecule has 23 heavy (non-hydrogen) atoms. The summed E-state index contributed by atoms with van der Waals surface area (Å²) < 4.78 is 16.4. The molecule has 5 nitrogen and oxygen atoms in total. The van der Waals surface area contributed by atoms with Gasteiger partial charge in [0.1, 0.15) is 23.9 Å². The second kappa shape index (κ2) is 6.60. The van der Waals surface area contributed by atoms with Crippen molar-refractivity contribution in [3.8, 4) is 17.2 Å². The zero-order valence-corrected chi connectivity index (χ0v) is 13.2. The quantitative estimate of drug-likeness (QED) is 0.942. The Hall–Kier alpha value is -2.69. The van der Waals surface area contributed by atoms with Crippen LogP contribution in [-0.4, -0.2) is 32.8 Å². The first-order valence-corrected chi connectivity index (χ1v) is 7.45. The molecule has 0 saturated heterocycles. The van der Waals surface area contributed by atoms with Crippen LogP contribution in [-0.2, 0) is 6.42 Å². The fraction of sp³-hybridized carbons (Fsp3) is 0.278. The molecule has 2 aromatic carbocycles. The Morgan fingerprint density at radius 2 is 1.96 bits per heavy atom. The van der Waals surface area contributed by atoms with Crippen molar-refractivity contribution in [1.82, 2.24) is 5.32 Å². The summed E-state index contributed by atoms with van der Waals surface area (Å²) in [4.78, 5) is 12.3. The van der Waals surface area contributed by atoms with Crippen LogP contribution in [0, 0.1) is 0 Å². The minimum Gasteiger partial charge on any atom is -0.496 e. The number of carbonyl (C=O) groups is 1. The Morgan fingerprint density at radius 1 is 1.17 bits per heavy atom. The van der Waals surface area contributed by atoms with Crippen LogP contribution >= 0.6 is 0 Å². The summed E-state index contributed by atoms with van der Waals surface area (Å²) in [6.45, 7) is 0.419. The van der Waals surface area contributed by atoms with Crippen LogP contribution in [0.5, 0.6) is 17.2 Å². The summed E-state index contributed by atoms with van der Waals surface area (Å²) in [5, 5.41) is 3.01. The first kappa shape index (κ1) is 15.2. The van der Waals surface area contributed by atoms with Crippen LogP contribution in [0.15, 0.2) is 42.5 Å². The normalized spacial score (nSPS) is 16.0. The molecule has 0 fully saturated rings. The van der Waals surface area contributed by atoms with E-state index in [-0.39, 0.29) is 11.9 Å². The Balaban J connectivity index is 1.76. The molecule has 1 heterocycles. The molecule has 0 spiro atoms. The summed E-state index contributed by atoms with van der Waals surface area (Å²) in [5.74, 6) is 2.03. The number of methoxy groups -OCH3 is 2. The van der Waals surface area contributed by atoms with E-state index in [0.717, 1.165) is 11.3 Å². The number of amides is 1. The second-order valence-electron chi connectivity index (χ2n) is 5.36. The molecule has 1 aliphatic heterocycles. The topological polar surface area (TPSA) is 56.8 Å². The highest BCUT2D eigenvalue weighted by Gasteiger charge is 2.25. The minimum atomic E-state index is -0.102. The molecule has 2 aromatic rings. The number of fused-ring (bicyclic) bond motifs is 1. The highest BCUT2D eigenvalue weighted by atomic mass is 16.5. The maximum atomic E-state index is 12.3. The van der Waals surface area contributed by atoms with Gasteiger partial charge in [-0.05, 0) is 12.1 Å². The lowest BCUT2D eigenvalue weighted by Crippen LogP contribution is -2.42. The SMILES string of the molecule is COc1cc(OC)c2c(c1)OCC(NC(=O)c1ccccc1)C2. The highest BCUT2D eigenvalue weighted by Crippen LogP contribution is 2.37. The van der Waals surface area contributed by atoms with E-state index in [9.17, 15) is 4.79 Å². The van der Waals surface area contributed by atoms with Crippen LogP contribution < -0.4 is 19.5 Å². The Labute approximate surface area is 135 Å². The third-order valence-corrected chi connectivity index (χ3v) is 3.86. The van der Waals surface area contributed by atoms with Crippen LogP contribution in [0.2, 0.25) is 0 Å². The fourth-order valence-corrected chi connectivity index (χ4v) is 2.67. The number of hydrogen-bond donors (Lipinski definition) is 1. The molecule has 0 radical (unpaired) electrons. The van der Waals surface area contributed by atoms with Crippen LogP contribution in [0.3, 0.4) is 0 Å². The van der Waals surface area contributed by atoms with E-state index in [1.54, 1.807) is 26.4 Å². The van der Waals surface area contributed by atoms with Gasteiger partial charge in [-0.3, -0.25) is 4.79 Å². The largest absolute Gasteiger partial charge is 0.496 e. The van der Waals surface area contributed by atoms with Crippen molar-refractivity contribution in [2.75, 3.05) is 20.8 Å². The zero-order chi connectivity index (χ0) is 16.2. The van der Waals surface area contributed by atoms with E-state index in [2.05, 4.69) is 5.32 Å². The van der Waals surface area contributed by atoms with Gasteiger partial charge in [-0.1, -0.05) is 18.2 Å². The monoisotopic (exact) mass is 313 g/mol. The van der Waals surface area contributed by atoms with Gasteiger partial charge in [0, 0.05) is 29.7 Å². The minimum absolute atomic E-state index is 0.0995. The average molecular weight is 313 g/mol. The smallest absolute Gasteiger partial charge is 0.251 e. The number of benzene rings is 2. The number of carbonyl (C=O) groups excluding carboxylic acids is 1. The van der Waals surface area contributed by atoms with Gasteiger partial charge in [-0.2, -0.15) is 0 Å². The summed E-state index contributed by atoms with van der Waals surface area (Å²) >= 11 is 0. The number of rotatable bonds is 4. The van der Waals surface area contributed by atoms with Crippen molar-refractivity contribution >= 4 is 5.91 Å². The molecule has 1 aliphatic rings. The summed E-state index contributed by atoms with van der Waals surface area (Å²) in [5.41, 5.74) is 1.58. The molecule has 1 atom stereocenters. The van der Waals surface area contributed by atoms with Crippen molar-refractivity contribution in [2.24, 2.45) is 0 Å². The van der Waals surface area contributed by atoms with Crippen LogP contribution in [0.4, 0.5) is 0 Å². The van der Waals surface area contributed by atoms with E-state index in [0.29, 0.717) is 30.1 Å². The van der Waals surface area contributed by atoms with Gasteiger partial charge < -0.3 is 19.5 Å². The number of hydrogen-bond acceptors (Lipinski definition) is 4. The molecule has 0 saturated carbocycles. The maximum absolute atomic E-state index is 12.3. The molecule has 1 N–H and O–H groups in total. The fourth-order valence-electron chi connectivity index (χ4n) is 2.67. The Morgan fingerprint density at radius 3 is 2.65 bits per heavy atom. The Bertz CT molecular complexity index is 682. The summed E-state index contributed by atoms with van der Waals surface area (Å²) in [6.07, 6.45) is 0.654. The van der Waals surface area contributed by atoms with Crippen molar-refractivity contribution in [3.63, 3.8) is 0 Å². The van der Waals surface area contributed by atoms with Crippen molar-refractivity contribution < 1.29 is 19.0 Å². The third-order valence-electron chi connectivity index (χ3n) is 3.86. The lowest BCUT2D eigenvalue weighted by atomic mass is 10.0. The highest BCUT2D eigenvalue weighted by molar-refractivity contribution is 5.94. The number of ether oxygens (including phenoxy) is 3. The standard InChI is InChI=1S/C18H19NO4/c1-21-14-9-16(22-2)15-8-13(11-23-17(15)10-14)19-18(20)12-6-4-3-5-7-12/h3-7,9-10,13H,8,11H2,1-2H3,(H,19,20). The lowest BCUT2D eigenvalue weighted by molar-refractivity contribution is 0.0914. The molecular formula is C18H19NO4. The first-order valence-electron chi connectivity index (χ1n) is 7.45. The van der Waals surface area contributed by atoms with Gasteiger partial charge in [0.15, 0.2) is 0 Å². The second-order valence-corrected chi connectivity index (χ2v) is 5.36. The van der Waals surface area contributed by atoms with Crippen LogP contribution in [0.1, 0.15) is 15.9 Å². The molecular weight excluding hydrogens is 294 g/mol. The molecule has 3 rings (SSSR count). The van der Waals surface area contributed by atoms with Gasteiger partial charge in [-0.25, -0.2) is 0 Å². The molecule has 5 heteroatoms. The molecule has 0 aliphatic carbocycles. The van der Waals surface area contributed by atoms with Crippen molar-refractivity contribution in [1.29, 1.82) is 0 Å². The van der Waals surface area contributed by atoms with Crippen LogP contribution in [0.25, 0.3) is 0 Å².